The van der Waals surface area contributed by atoms with Crippen molar-refractivity contribution in [3.8, 4) is 0 Å². The molecule has 4 rings (SSSR count). The molecule has 0 fully saturated rings. The number of aryl methyl sites for hydroxylation is 1. The Bertz CT molecular complexity index is 918. The van der Waals surface area contributed by atoms with E-state index in [1.54, 1.807) is 17.5 Å². The van der Waals surface area contributed by atoms with Gasteiger partial charge < -0.3 is 5.32 Å². The molecular formula is C14H13N5OS2. The van der Waals surface area contributed by atoms with Gasteiger partial charge in [0.05, 0.1) is 10.4 Å². The Balaban J connectivity index is 1.40. The fourth-order valence-corrected chi connectivity index (χ4v) is 4.04. The Morgan fingerprint density at radius 2 is 2.32 bits per heavy atom. The molecule has 0 aromatic carbocycles. The summed E-state index contributed by atoms with van der Waals surface area (Å²) in [6.45, 7) is 1.44. The van der Waals surface area contributed by atoms with Crippen LogP contribution in [0.3, 0.4) is 0 Å². The van der Waals surface area contributed by atoms with Crippen LogP contribution in [0, 0.1) is 0 Å². The smallest absolute Gasteiger partial charge is 0.261 e. The highest BCUT2D eigenvalue weighted by Crippen LogP contribution is 2.28. The van der Waals surface area contributed by atoms with E-state index in [1.807, 2.05) is 39.0 Å². The fourth-order valence-electron chi connectivity index (χ4n) is 2.32. The highest BCUT2D eigenvalue weighted by molar-refractivity contribution is 7.21. The number of amides is 1. The van der Waals surface area contributed by atoms with Crippen LogP contribution in [-0.4, -0.2) is 31.6 Å². The van der Waals surface area contributed by atoms with Crippen LogP contribution in [0.1, 0.15) is 16.1 Å². The third kappa shape index (κ3) is 2.40. The van der Waals surface area contributed by atoms with Crippen LogP contribution in [0.5, 0.6) is 0 Å². The molecule has 8 heteroatoms. The van der Waals surface area contributed by atoms with Gasteiger partial charge >= 0.3 is 0 Å². The van der Waals surface area contributed by atoms with Crippen molar-refractivity contribution in [1.82, 2.24) is 24.5 Å². The number of rotatable bonds is 5. The van der Waals surface area contributed by atoms with Gasteiger partial charge in [-0.25, -0.2) is 4.98 Å². The molecule has 0 aliphatic carbocycles. The van der Waals surface area contributed by atoms with Crippen molar-refractivity contribution < 1.29 is 4.79 Å². The van der Waals surface area contributed by atoms with E-state index in [2.05, 4.69) is 15.4 Å². The largest absolute Gasteiger partial charge is 0.351 e. The van der Waals surface area contributed by atoms with Gasteiger partial charge in [-0.2, -0.15) is 5.10 Å². The fraction of sp³-hybridized carbons (Fsp3) is 0.214. The zero-order valence-electron chi connectivity index (χ0n) is 11.6. The first-order chi connectivity index (χ1) is 10.8. The van der Waals surface area contributed by atoms with Crippen molar-refractivity contribution in [1.29, 1.82) is 0 Å². The van der Waals surface area contributed by atoms with Gasteiger partial charge in [-0.15, -0.1) is 22.7 Å². The van der Waals surface area contributed by atoms with Crippen molar-refractivity contribution in [3.63, 3.8) is 0 Å². The van der Waals surface area contributed by atoms with E-state index in [0.717, 1.165) is 28.3 Å². The van der Waals surface area contributed by atoms with E-state index in [4.69, 9.17) is 0 Å². The van der Waals surface area contributed by atoms with E-state index < -0.39 is 0 Å². The second-order valence-corrected chi connectivity index (χ2v) is 6.75. The van der Waals surface area contributed by atoms with Gasteiger partial charge in [0.2, 0.25) is 0 Å². The second kappa shape index (κ2) is 5.54. The maximum absolute atomic E-state index is 12.2. The average molecular weight is 331 g/mol. The number of nitrogens with zero attached hydrogens (tertiary/aromatic N) is 4. The van der Waals surface area contributed by atoms with E-state index >= 15 is 0 Å². The number of imidazole rings is 1. The number of carbonyl (C=O) groups excluding carboxylic acids is 1. The standard InChI is InChI=1S/C14H13N5OS2/c20-12(15-3-1-5-18-6-2-4-16-18)11-9-10-13(22-11)17-14-19(10)7-8-21-14/h2,4,6-9H,1,3,5H2,(H,15,20). The zero-order chi connectivity index (χ0) is 14.9. The van der Waals surface area contributed by atoms with Gasteiger partial charge in [0.15, 0.2) is 4.96 Å². The summed E-state index contributed by atoms with van der Waals surface area (Å²) in [6, 6.07) is 3.81. The summed E-state index contributed by atoms with van der Waals surface area (Å²) in [7, 11) is 0. The molecule has 0 unspecified atom stereocenters. The molecule has 4 aromatic rings. The molecule has 0 atom stereocenters. The number of hydrogen-bond acceptors (Lipinski definition) is 5. The number of fused-ring (bicyclic) bond motifs is 3. The van der Waals surface area contributed by atoms with Gasteiger partial charge in [-0.3, -0.25) is 13.9 Å². The summed E-state index contributed by atoms with van der Waals surface area (Å²) in [5.41, 5.74) is 1.00. The van der Waals surface area contributed by atoms with Crippen LogP contribution >= 0.6 is 22.7 Å². The Morgan fingerprint density at radius 3 is 3.18 bits per heavy atom. The Labute approximate surface area is 134 Å². The molecule has 0 aliphatic heterocycles. The van der Waals surface area contributed by atoms with Gasteiger partial charge in [0, 0.05) is 37.1 Å². The molecule has 6 nitrogen and oxygen atoms in total. The summed E-state index contributed by atoms with van der Waals surface area (Å²) in [5, 5.41) is 9.08. The predicted molar refractivity (Wildman–Crippen MR) is 87.6 cm³/mol. The average Bonchev–Trinajstić information content (AvgIpc) is 3.24. The lowest BCUT2D eigenvalue weighted by molar-refractivity contribution is 0.0956. The number of thiazole rings is 1. The van der Waals surface area contributed by atoms with Crippen LogP contribution in [0.2, 0.25) is 0 Å². The molecule has 1 N–H and O–H groups in total. The molecule has 1 amide bonds. The molecule has 0 saturated carbocycles. The van der Waals surface area contributed by atoms with Gasteiger partial charge in [0.25, 0.3) is 5.91 Å². The molecule has 0 saturated heterocycles. The normalized spacial score (nSPS) is 11.5. The van der Waals surface area contributed by atoms with E-state index in [0.29, 0.717) is 11.4 Å². The Morgan fingerprint density at radius 1 is 1.36 bits per heavy atom. The van der Waals surface area contributed by atoms with Crippen LogP contribution < -0.4 is 5.32 Å². The lowest BCUT2D eigenvalue weighted by atomic mass is 10.4. The summed E-state index contributed by atoms with van der Waals surface area (Å²) in [5.74, 6) is -0.0348. The molecule has 4 aromatic heterocycles. The van der Waals surface area contributed by atoms with Crippen LogP contribution in [-0.2, 0) is 6.54 Å². The minimum Gasteiger partial charge on any atom is -0.351 e. The van der Waals surface area contributed by atoms with Gasteiger partial charge in [0.1, 0.15) is 4.83 Å². The third-order valence-corrected chi connectivity index (χ3v) is 5.15. The SMILES string of the molecule is O=C(NCCCn1cccn1)c1cc2c(nc3sccn32)s1. The van der Waals surface area contributed by atoms with Crippen molar-refractivity contribution in [2.75, 3.05) is 6.54 Å². The summed E-state index contributed by atoms with van der Waals surface area (Å²) in [6.07, 6.45) is 6.51. The zero-order valence-corrected chi connectivity index (χ0v) is 13.2. The van der Waals surface area contributed by atoms with Crippen LogP contribution in [0.15, 0.2) is 36.1 Å². The molecule has 0 aliphatic rings. The molecular weight excluding hydrogens is 318 g/mol. The lowest BCUT2D eigenvalue weighted by Gasteiger charge is -2.03. The van der Waals surface area contributed by atoms with Crippen LogP contribution in [0.25, 0.3) is 15.3 Å². The first-order valence-corrected chi connectivity index (χ1v) is 8.61. The van der Waals surface area contributed by atoms with Crippen LogP contribution in [0.4, 0.5) is 0 Å². The van der Waals surface area contributed by atoms with Crippen molar-refractivity contribution in [2.45, 2.75) is 13.0 Å². The maximum atomic E-state index is 12.2. The second-order valence-electron chi connectivity index (χ2n) is 4.85. The highest BCUT2D eigenvalue weighted by Gasteiger charge is 2.14. The number of aromatic nitrogens is 4. The monoisotopic (exact) mass is 331 g/mol. The topological polar surface area (TPSA) is 64.2 Å². The number of carbonyl (C=O) groups is 1. The molecule has 4 heterocycles. The third-order valence-electron chi connectivity index (χ3n) is 3.37. The molecule has 0 radical (unpaired) electrons. The predicted octanol–water partition coefficient (Wildman–Crippen LogP) is 2.63. The molecule has 22 heavy (non-hydrogen) atoms. The summed E-state index contributed by atoms with van der Waals surface area (Å²) < 4.78 is 3.88. The minimum atomic E-state index is -0.0348. The number of nitrogens with one attached hydrogen (secondary N) is 1. The quantitative estimate of drug-likeness (QED) is 0.572. The Kier molecular flexibility index (Phi) is 3.39. The van der Waals surface area contributed by atoms with Crippen molar-refractivity contribution >= 4 is 43.9 Å². The minimum absolute atomic E-state index is 0.0348. The van der Waals surface area contributed by atoms with E-state index in [1.165, 1.54) is 11.3 Å². The molecule has 0 spiro atoms. The van der Waals surface area contributed by atoms with E-state index in [-0.39, 0.29) is 5.91 Å². The lowest BCUT2D eigenvalue weighted by Crippen LogP contribution is -2.24. The van der Waals surface area contributed by atoms with Crippen molar-refractivity contribution in [3.05, 3.63) is 41.0 Å². The summed E-state index contributed by atoms with van der Waals surface area (Å²) in [4.78, 5) is 19.3. The first kappa shape index (κ1) is 13.5. The molecule has 112 valence electrons. The Hall–Kier alpha value is -2.19. The van der Waals surface area contributed by atoms with Gasteiger partial charge in [-0.1, -0.05) is 0 Å². The summed E-state index contributed by atoms with van der Waals surface area (Å²) >= 11 is 3.03. The number of thiophene rings is 1. The highest BCUT2D eigenvalue weighted by atomic mass is 32.1. The maximum Gasteiger partial charge on any atom is 0.261 e. The van der Waals surface area contributed by atoms with E-state index in [9.17, 15) is 4.79 Å². The number of hydrogen-bond donors (Lipinski definition) is 1. The molecule has 0 bridgehead atoms. The first-order valence-electron chi connectivity index (χ1n) is 6.92. The van der Waals surface area contributed by atoms with Crippen molar-refractivity contribution in [2.24, 2.45) is 0 Å². The van der Waals surface area contributed by atoms with Gasteiger partial charge in [-0.05, 0) is 18.6 Å².